The Hall–Kier alpha value is -2.40. The molecule has 0 aliphatic carbocycles. The molecule has 28 heavy (non-hydrogen) atoms. The summed E-state index contributed by atoms with van der Waals surface area (Å²) >= 11 is 0. The molecule has 0 aromatic heterocycles. The van der Waals surface area contributed by atoms with Crippen LogP contribution < -0.4 is 20.1 Å². The summed E-state index contributed by atoms with van der Waals surface area (Å²) in [5.74, 6) is 1.80. The van der Waals surface area contributed by atoms with Crippen molar-refractivity contribution in [2.24, 2.45) is 0 Å². The molecular weight excluding hydrogens is 350 g/mol. The van der Waals surface area contributed by atoms with Gasteiger partial charge in [-0.05, 0) is 30.5 Å². The highest BCUT2D eigenvalue weighted by molar-refractivity contribution is 5.56. The Morgan fingerprint density at radius 1 is 0.821 bits per heavy atom. The first-order chi connectivity index (χ1) is 13.7. The van der Waals surface area contributed by atoms with Crippen LogP contribution in [0.5, 0.6) is 11.5 Å². The molecule has 3 rings (SSSR count). The average Bonchev–Trinajstić information content (AvgIpc) is 2.73. The van der Waals surface area contributed by atoms with Crippen molar-refractivity contribution in [1.82, 2.24) is 4.90 Å². The third-order valence-corrected chi connectivity index (χ3v) is 4.93. The van der Waals surface area contributed by atoms with Crippen molar-refractivity contribution < 1.29 is 9.47 Å². The predicted molar refractivity (Wildman–Crippen MR) is 116 cm³/mol. The van der Waals surface area contributed by atoms with Gasteiger partial charge in [0.15, 0.2) is 0 Å². The summed E-state index contributed by atoms with van der Waals surface area (Å²) in [6, 6.07) is 14.5. The number of nitrogens with two attached hydrogens (primary N) is 1. The van der Waals surface area contributed by atoms with Crippen molar-refractivity contribution in [3.8, 4) is 11.5 Å². The Morgan fingerprint density at radius 2 is 1.39 bits per heavy atom. The van der Waals surface area contributed by atoms with Crippen molar-refractivity contribution >= 4 is 11.4 Å². The fraction of sp³-hybridized carbons (Fsp3) is 0.478. The van der Waals surface area contributed by atoms with E-state index in [1.165, 1.54) is 11.3 Å². The number of nitrogens with zero attached hydrogens (tertiary/aromatic N) is 2. The largest absolute Gasteiger partial charge is 0.493 e. The summed E-state index contributed by atoms with van der Waals surface area (Å²) in [5.41, 5.74) is 9.11. The monoisotopic (exact) mass is 383 g/mol. The first kappa shape index (κ1) is 20.3. The highest BCUT2D eigenvalue weighted by Gasteiger charge is 2.18. The van der Waals surface area contributed by atoms with Gasteiger partial charge in [0.05, 0.1) is 13.2 Å². The van der Waals surface area contributed by atoms with Crippen LogP contribution in [0.2, 0.25) is 0 Å². The third-order valence-electron chi connectivity index (χ3n) is 4.93. The van der Waals surface area contributed by atoms with Crippen LogP contribution in [0, 0.1) is 0 Å². The zero-order valence-corrected chi connectivity index (χ0v) is 17.2. The lowest BCUT2D eigenvalue weighted by atomic mass is 10.1. The van der Waals surface area contributed by atoms with Crippen LogP contribution in [-0.4, -0.2) is 44.3 Å². The normalized spacial score (nSPS) is 14.9. The van der Waals surface area contributed by atoms with Gasteiger partial charge < -0.3 is 20.1 Å². The lowest BCUT2D eigenvalue weighted by Crippen LogP contribution is -2.46. The number of nitrogen functional groups attached to an aromatic ring is 1. The summed E-state index contributed by atoms with van der Waals surface area (Å²) in [6.07, 6.45) is 2.00. The molecule has 2 aromatic carbocycles. The Labute approximate surface area is 169 Å². The van der Waals surface area contributed by atoms with E-state index in [4.69, 9.17) is 15.2 Å². The van der Waals surface area contributed by atoms with Gasteiger partial charge in [-0.3, -0.25) is 4.90 Å². The fourth-order valence-electron chi connectivity index (χ4n) is 3.39. The van der Waals surface area contributed by atoms with Crippen LogP contribution in [0.3, 0.4) is 0 Å². The maximum Gasteiger partial charge on any atom is 0.125 e. The lowest BCUT2D eigenvalue weighted by molar-refractivity contribution is 0.249. The number of benzene rings is 2. The third kappa shape index (κ3) is 5.80. The summed E-state index contributed by atoms with van der Waals surface area (Å²) in [7, 11) is 0. The molecule has 0 spiro atoms. The van der Waals surface area contributed by atoms with E-state index < -0.39 is 0 Å². The summed E-state index contributed by atoms with van der Waals surface area (Å²) in [4.78, 5) is 4.92. The number of piperazine rings is 1. The van der Waals surface area contributed by atoms with Gasteiger partial charge in [-0.1, -0.05) is 26.0 Å². The van der Waals surface area contributed by atoms with Crippen LogP contribution in [0.1, 0.15) is 32.3 Å². The van der Waals surface area contributed by atoms with Gasteiger partial charge in [0.2, 0.25) is 0 Å². The van der Waals surface area contributed by atoms with Crippen molar-refractivity contribution in [3.05, 3.63) is 48.0 Å². The molecule has 5 nitrogen and oxygen atoms in total. The molecule has 1 heterocycles. The van der Waals surface area contributed by atoms with Crippen LogP contribution in [0.15, 0.2) is 42.5 Å². The fourth-order valence-corrected chi connectivity index (χ4v) is 3.39. The zero-order chi connectivity index (χ0) is 19.8. The standard InChI is InChI=1S/C23H33N3O2/c1-3-13-27-22-15-21(16-23(17-22)28-14-4-2)26-11-9-25(10-12-26)18-19-5-7-20(24)8-6-19/h5-8,15-17H,3-4,9-14,18,24H2,1-2H3. The van der Waals surface area contributed by atoms with Gasteiger partial charge in [-0.2, -0.15) is 0 Å². The summed E-state index contributed by atoms with van der Waals surface area (Å²) in [5, 5.41) is 0. The number of ether oxygens (including phenoxy) is 2. The molecule has 0 atom stereocenters. The molecule has 152 valence electrons. The van der Waals surface area contributed by atoms with Gasteiger partial charge in [0.25, 0.3) is 0 Å². The van der Waals surface area contributed by atoms with E-state index in [1.54, 1.807) is 0 Å². The number of rotatable bonds is 9. The van der Waals surface area contributed by atoms with Crippen molar-refractivity contribution in [2.45, 2.75) is 33.2 Å². The minimum Gasteiger partial charge on any atom is -0.493 e. The first-order valence-corrected chi connectivity index (χ1v) is 10.4. The number of hydrogen-bond acceptors (Lipinski definition) is 5. The van der Waals surface area contributed by atoms with Crippen LogP contribution in [0.4, 0.5) is 11.4 Å². The van der Waals surface area contributed by atoms with Crippen LogP contribution >= 0.6 is 0 Å². The topological polar surface area (TPSA) is 51.0 Å². The second-order valence-corrected chi connectivity index (χ2v) is 7.36. The van der Waals surface area contributed by atoms with E-state index in [9.17, 15) is 0 Å². The Morgan fingerprint density at radius 3 is 1.93 bits per heavy atom. The van der Waals surface area contributed by atoms with Gasteiger partial charge in [0, 0.05) is 62.3 Å². The highest BCUT2D eigenvalue weighted by atomic mass is 16.5. The van der Waals surface area contributed by atoms with Gasteiger partial charge in [-0.25, -0.2) is 0 Å². The van der Waals surface area contributed by atoms with E-state index in [0.717, 1.165) is 76.0 Å². The number of anilines is 2. The summed E-state index contributed by atoms with van der Waals surface area (Å²) in [6.45, 7) is 10.7. The van der Waals surface area contributed by atoms with Crippen molar-refractivity contribution in [2.75, 3.05) is 50.0 Å². The maximum atomic E-state index is 5.89. The molecule has 0 saturated carbocycles. The molecule has 0 radical (unpaired) electrons. The molecule has 1 aliphatic rings. The van der Waals surface area contributed by atoms with Gasteiger partial charge in [-0.15, -0.1) is 0 Å². The Bertz CT molecular complexity index is 699. The molecule has 1 aliphatic heterocycles. The molecule has 5 heteroatoms. The molecule has 0 amide bonds. The number of hydrogen-bond donors (Lipinski definition) is 1. The SMILES string of the molecule is CCCOc1cc(OCCC)cc(N2CCN(Cc3ccc(N)cc3)CC2)c1. The van der Waals surface area contributed by atoms with Gasteiger partial charge in [0.1, 0.15) is 11.5 Å². The van der Waals surface area contributed by atoms with E-state index in [2.05, 4.69) is 47.9 Å². The van der Waals surface area contributed by atoms with E-state index >= 15 is 0 Å². The minimum atomic E-state index is 0.728. The molecular formula is C23H33N3O2. The quantitative estimate of drug-likeness (QED) is 0.659. The highest BCUT2D eigenvalue weighted by Crippen LogP contribution is 2.30. The molecule has 1 saturated heterocycles. The second kappa shape index (κ2) is 10.2. The van der Waals surface area contributed by atoms with Crippen LogP contribution in [-0.2, 0) is 6.54 Å². The Kier molecular flexibility index (Phi) is 7.43. The van der Waals surface area contributed by atoms with E-state index in [-0.39, 0.29) is 0 Å². The van der Waals surface area contributed by atoms with Crippen molar-refractivity contribution in [3.63, 3.8) is 0 Å². The average molecular weight is 384 g/mol. The predicted octanol–water partition coefficient (Wildman–Crippen LogP) is 4.17. The molecule has 2 aromatic rings. The molecule has 0 unspecified atom stereocenters. The minimum absolute atomic E-state index is 0.728. The maximum absolute atomic E-state index is 5.89. The smallest absolute Gasteiger partial charge is 0.125 e. The Balaban J connectivity index is 1.62. The van der Waals surface area contributed by atoms with E-state index in [1.807, 2.05) is 18.2 Å². The second-order valence-electron chi connectivity index (χ2n) is 7.36. The molecule has 0 bridgehead atoms. The molecule has 2 N–H and O–H groups in total. The molecule has 1 fully saturated rings. The van der Waals surface area contributed by atoms with Crippen LogP contribution in [0.25, 0.3) is 0 Å². The zero-order valence-electron chi connectivity index (χ0n) is 17.2. The first-order valence-electron chi connectivity index (χ1n) is 10.4. The lowest BCUT2D eigenvalue weighted by Gasteiger charge is -2.36. The summed E-state index contributed by atoms with van der Waals surface area (Å²) < 4.78 is 11.8. The van der Waals surface area contributed by atoms with Crippen molar-refractivity contribution in [1.29, 1.82) is 0 Å². The van der Waals surface area contributed by atoms with E-state index in [0.29, 0.717) is 0 Å². The van der Waals surface area contributed by atoms with Gasteiger partial charge >= 0.3 is 0 Å².